The molecule has 5 aromatic rings. The van der Waals surface area contributed by atoms with Crippen molar-refractivity contribution in [2.75, 3.05) is 45.6 Å². The number of pyridine rings is 1. The van der Waals surface area contributed by atoms with Crippen molar-refractivity contribution in [1.82, 2.24) is 51.5 Å². The molecule has 3 aromatic heterocycles. The minimum Gasteiger partial charge on any atom is -0.850 e. The summed E-state index contributed by atoms with van der Waals surface area (Å²) in [6.45, 7) is 23.8. The van der Waals surface area contributed by atoms with Crippen LogP contribution in [0.25, 0.3) is 0 Å². The number of allylic oxidation sites excluding steroid dienone is 14. The number of carbonyl (C=O) groups is 3. The fourth-order valence-electron chi connectivity index (χ4n) is 21.1. The summed E-state index contributed by atoms with van der Waals surface area (Å²) in [5, 5.41) is 89.2. The van der Waals surface area contributed by atoms with E-state index in [1.807, 2.05) is 0 Å². The third kappa shape index (κ3) is 28.9. The number of aromatic amines is 2. The first-order chi connectivity index (χ1) is 60.5. The molecule has 0 spiro atoms. The normalized spacial score (nSPS) is 28.0. The number of hydrogen-bond donors (Lipinski definition) is 4. The van der Waals surface area contributed by atoms with Gasteiger partial charge in [0, 0.05) is 101 Å². The largest absolute Gasteiger partial charge is 1.00 e. The van der Waals surface area contributed by atoms with Gasteiger partial charge >= 0.3 is 59.0 Å². The molecule has 0 amide bonds. The van der Waals surface area contributed by atoms with Gasteiger partial charge in [-0.1, -0.05) is 209 Å². The smallest absolute Gasteiger partial charge is 0.850 e. The van der Waals surface area contributed by atoms with Crippen LogP contribution in [0.15, 0.2) is 167 Å². The van der Waals surface area contributed by atoms with Crippen LogP contribution in [0.3, 0.4) is 0 Å². The second-order valence-corrected chi connectivity index (χ2v) is 39.0. The van der Waals surface area contributed by atoms with Gasteiger partial charge < -0.3 is 25.2 Å². The summed E-state index contributed by atoms with van der Waals surface area (Å²) >= 11 is 0. The molecule has 16 atom stereocenters. The zero-order chi connectivity index (χ0) is 91.2. The number of H-pyrrole nitrogens is 2. The van der Waals surface area contributed by atoms with Crippen LogP contribution in [-0.4, -0.2) is 131 Å². The number of aldehydes is 1. The number of nitro groups is 2. The molecule has 127 heavy (non-hydrogen) atoms. The van der Waals surface area contributed by atoms with Crippen LogP contribution in [0.1, 0.15) is 250 Å². The van der Waals surface area contributed by atoms with Gasteiger partial charge in [-0.25, -0.2) is 0 Å². The Morgan fingerprint density at radius 1 is 0.575 bits per heavy atom. The Labute approximate surface area is 794 Å². The van der Waals surface area contributed by atoms with E-state index in [0.717, 1.165) is 114 Å². The third-order valence-corrected chi connectivity index (χ3v) is 29.3. The number of carbonyl (C=O) groups excluding carboxylic acids is 3. The molecule has 1 saturated heterocycles. The van der Waals surface area contributed by atoms with Gasteiger partial charge in [-0.3, -0.25) is 44.2 Å². The minimum atomic E-state index is -3.08. The van der Waals surface area contributed by atoms with Gasteiger partial charge in [-0.2, -0.15) is 26.2 Å². The topological polar surface area (TPSA) is 427 Å². The first-order valence-electron chi connectivity index (χ1n) is 45.7. The SMILES string of the molecule is CC(C)(C)[O-].CCC1=CC2C(=O)CC2C1.CCC1=C[C@@H]2[C@H](C1)C[C@@]2(CC#N)C[N+](=O)[O-].CCC1=C[C@@H]2[C@H](C1)C[C@@]2(Cc1nn[nH]n1)C[N+](=O)[O-].CCC1=C[C@@H]2[C@H](C1)C[C@]2(CN)Cc1nn[nH]n1.CCC1=C[C@H]2C(=CC#N)C[C@H]2C1.CCC1=C[C@H]2C(=O)C[C@H]2C1.CCOP(=O)(CC#N)OCC.O=Cc1ccncc1.[K+].c1ccc(C(c2ccccc2)[C@H]2CCCN2)cc1. The van der Waals surface area contributed by atoms with Crippen molar-refractivity contribution in [2.24, 2.45) is 93.0 Å². The first-order valence-corrected chi connectivity index (χ1v) is 47.5. The van der Waals surface area contributed by atoms with Crippen molar-refractivity contribution in [2.45, 2.75) is 241 Å². The van der Waals surface area contributed by atoms with Gasteiger partial charge in [-0.05, 0) is 224 Å². The van der Waals surface area contributed by atoms with Crippen molar-refractivity contribution in [1.29, 1.82) is 15.8 Å². The molecule has 5 N–H and O–H groups in total. The molecule has 29 heteroatoms. The summed E-state index contributed by atoms with van der Waals surface area (Å²) in [5.41, 5.74) is 18.7. The van der Waals surface area contributed by atoms with Crippen LogP contribution in [0.5, 0.6) is 0 Å². The van der Waals surface area contributed by atoms with Gasteiger partial charge in [0.15, 0.2) is 11.6 Å². The number of nitrogens with zero attached hydrogens (tertiary/aromatic N) is 12. The van der Waals surface area contributed by atoms with E-state index >= 15 is 0 Å². The van der Waals surface area contributed by atoms with E-state index in [4.69, 9.17) is 30.6 Å². The number of tetrazole rings is 2. The van der Waals surface area contributed by atoms with E-state index in [1.165, 1.54) is 96.8 Å². The summed E-state index contributed by atoms with van der Waals surface area (Å²) < 4.78 is 21.0. The molecule has 1 aliphatic heterocycles. The van der Waals surface area contributed by atoms with Gasteiger partial charge in [-0.15, -0.1) is 26.0 Å². The number of fused-ring (bicyclic) bond motifs is 6. The van der Waals surface area contributed by atoms with Gasteiger partial charge in [0.25, 0.3) is 0 Å². The standard InChI is InChI=1S/C17H19N.C12H17N5O2.C12H19N5.C12H16N2O2.C11H13N.2C9H12O.C6H12NO3P.C6H5NO.C4H9O.K/c1-3-8-14(9-4-1)17(16-12-7-13-18-16)15-10-5-2-6-11-15;1-2-8-3-9-5-12(7-17(18)19,10(9)4-8)6-11-13-15-16-14-11;1-2-8-3-9-5-12(7-13,10(9)4-8)6-11-14-16-17-15-11;1-2-9-5-10-7-12(3-4-13,8-14(15)16)11(10)6-9;1-2-8-5-10-7-9(3-4-12)11(10)6-8;2*1-2-6-3-7-5-9(10)8(7)4-6;1-3-9-11(8,6-5-7)10-4-2;8-5-6-1-3-7-4-2-6;1-4(2,3)5;/h1-6,8-11,16-18H,7,12-13H2;4,9-10H,2-3,5-7H2,1H3,(H,13,14,15,16);4,9-10H,2-3,5-7,13H2,1H3,(H,14,15,16,17);6,10-11H,2-3,5,7-8H2,1H3;3,6,10-11H,2,5,7H2,1H3;2*4,7-8H,2-3,5H2,1H3;3-4,6H2,1-2H3;1-5H;1-3H3;/q;;;;;;;;;-1;+1/t16-;2*9-,10-,12-;10-,11-,12+;10-,11+;7-,8-;;;;;/m111111...../s1. The molecule has 2 aromatic carbocycles. The molecule has 2 unspecified atom stereocenters. The summed E-state index contributed by atoms with van der Waals surface area (Å²) in [7, 11) is -3.08. The summed E-state index contributed by atoms with van der Waals surface area (Å²) in [5.74, 6) is 9.60. The summed E-state index contributed by atoms with van der Waals surface area (Å²) in [6.07, 6.45) is 43.2. The van der Waals surface area contributed by atoms with Gasteiger partial charge in [0.05, 0.1) is 36.8 Å². The second-order valence-electron chi connectivity index (χ2n) is 36.9. The summed E-state index contributed by atoms with van der Waals surface area (Å²) in [6, 6.07) is 31.6. The molecule has 6 saturated carbocycles. The van der Waals surface area contributed by atoms with Crippen LogP contribution in [0.4, 0.5) is 0 Å². The Hall–Kier alpha value is -8.14. The number of ketones is 2. The van der Waals surface area contributed by atoms with Crippen molar-refractivity contribution < 1.29 is 94.3 Å². The Kier molecular flexibility index (Phi) is 41.3. The maximum absolute atomic E-state index is 11.3. The molecule has 0 bridgehead atoms. The van der Waals surface area contributed by atoms with Crippen LogP contribution in [-0.2, 0) is 36.0 Å². The zero-order valence-electron chi connectivity index (χ0n) is 76.9. The van der Waals surface area contributed by atoms with E-state index in [9.17, 15) is 44.3 Å². The first kappa shape index (κ1) is 104. The van der Waals surface area contributed by atoms with Crippen LogP contribution >= 0.6 is 7.60 Å². The average molecular weight is 1780 g/mol. The fraction of sp³-hybridized carbons (Fsp3) is 0.602. The molecule has 678 valence electrons. The Morgan fingerprint density at radius 3 is 1.34 bits per heavy atom. The minimum absolute atomic E-state index is 0. The van der Waals surface area contributed by atoms with E-state index in [1.54, 1.807) is 82.4 Å². The Balaban J connectivity index is 0.000000177. The van der Waals surface area contributed by atoms with Gasteiger partial charge in [0.2, 0.25) is 13.1 Å². The zero-order valence-corrected chi connectivity index (χ0v) is 80.9. The van der Waals surface area contributed by atoms with E-state index in [0.29, 0.717) is 114 Å². The molecule has 27 nitrogen and oxygen atoms in total. The van der Waals surface area contributed by atoms with Gasteiger partial charge in [0.1, 0.15) is 24.0 Å². The number of benzene rings is 2. The molecule has 0 radical (unpaired) electrons. The Morgan fingerprint density at radius 2 is 0.976 bits per heavy atom. The number of Topliss-reactive ketones (excluding diaryl/α,β-unsaturated/α-hetero) is 2. The molecular formula is C98H134KN16O11P. The average Bonchev–Trinajstić information content (AvgIpc) is 1.63. The molecule has 12 aliphatic carbocycles. The van der Waals surface area contributed by atoms with E-state index < -0.39 is 13.2 Å². The monoisotopic (exact) mass is 1780 g/mol. The fourth-order valence-corrected chi connectivity index (χ4v) is 22.3. The molecule has 18 rings (SSSR count). The van der Waals surface area contributed by atoms with Crippen LogP contribution < -0.4 is 67.5 Å². The number of nitrogens with one attached hydrogen (secondary N) is 3. The number of hydrogen-bond acceptors (Lipinski definition) is 23. The number of aromatic nitrogens is 9. The second kappa shape index (κ2) is 50.3. The van der Waals surface area contributed by atoms with Crippen LogP contribution in [0, 0.1) is 141 Å². The van der Waals surface area contributed by atoms with Crippen molar-refractivity contribution in [3.8, 4) is 18.2 Å². The third-order valence-electron chi connectivity index (χ3n) is 27.5. The summed E-state index contributed by atoms with van der Waals surface area (Å²) in [4.78, 5) is 56.8. The predicted octanol–water partition coefficient (Wildman–Crippen LogP) is 15.1. The molecule has 13 aliphatic rings. The molecular weight excluding hydrogens is 1650 g/mol. The Bertz CT molecular complexity index is 4700. The number of nitrogens with two attached hydrogens (primary N) is 1. The van der Waals surface area contributed by atoms with Crippen LogP contribution in [0.2, 0.25) is 0 Å². The maximum Gasteiger partial charge on any atom is 1.00 e. The predicted molar refractivity (Wildman–Crippen MR) is 484 cm³/mol. The number of nitriles is 3. The quantitative estimate of drug-likeness (QED) is 0.00802. The van der Waals surface area contributed by atoms with E-state index in [-0.39, 0.29) is 103 Å². The van der Waals surface area contributed by atoms with Crippen molar-refractivity contribution >= 4 is 25.4 Å². The van der Waals surface area contributed by atoms with E-state index in [2.05, 4.69) is 202 Å². The van der Waals surface area contributed by atoms with Crippen molar-refractivity contribution in [3.63, 3.8) is 0 Å². The van der Waals surface area contributed by atoms with Crippen molar-refractivity contribution in [3.05, 3.63) is 215 Å². The maximum atomic E-state index is 11.3. The molecule has 7 fully saturated rings. The number of rotatable bonds is 25. The molecule has 4 heterocycles.